The topological polar surface area (TPSA) is 64.9 Å². The molecule has 0 radical (unpaired) electrons. The molecule has 7 heteroatoms. The fraction of sp³-hybridized carbons (Fsp3) is 0.353. The smallest absolute Gasteiger partial charge is 0.168 e. The van der Waals surface area contributed by atoms with Gasteiger partial charge in [-0.25, -0.2) is 14.6 Å². The molecule has 0 saturated carbocycles. The maximum atomic E-state index is 6.07. The Morgan fingerprint density at radius 3 is 2.96 bits per heavy atom. The van der Waals surface area contributed by atoms with Crippen LogP contribution in [0.25, 0.3) is 16.7 Å². The monoisotopic (exact) mass is 345 g/mol. The third-order valence-electron chi connectivity index (χ3n) is 3.48. The van der Waals surface area contributed by atoms with E-state index in [9.17, 15) is 0 Å². The molecule has 6 nitrogen and oxygen atoms in total. The van der Waals surface area contributed by atoms with Gasteiger partial charge in [0.1, 0.15) is 12.1 Å². The van der Waals surface area contributed by atoms with Gasteiger partial charge in [0.2, 0.25) is 0 Å². The summed E-state index contributed by atoms with van der Waals surface area (Å²) in [4.78, 5) is 8.68. The normalized spacial score (nSPS) is 11.3. The van der Waals surface area contributed by atoms with Gasteiger partial charge in [-0.1, -0.05) is 17.7 Å². The van der Waals surface area contributed by atoms with E-state index in [4.69, 9.17) is 16.3 Å². The fourth-order valence-electron chi connectivity index (χ4n) is 2.38. The Bertz CT molecular complexity index is 818. The van der Waals surface area contributed by atoms with Crippen LogP contribution in [0.15, 0.2) is 36.8 Å². The lowest BCUT2D eigenvalue weighted by molar-refractivity contribution is 0.0787. The number of benzene rings is 1. The Kier molecular flexibility index (Phi) is 5.27. The molecule has 0 bridgehead atoms. The molecule has 24 heavy (non-hydrogen) atoms. The fourth-order valence-corrected chi connectivity index (χ4v) is 2.56. The molecule has 0 spiro atoms. The molecule has 0 atom stereocenters. The highest BCUT2D eigenvalue weighted by atomic mass is 35.5. The van der Waals surface area contributed by atoms with Gasteiger partial charge in [0.25, 0.3) is 0 Å². The predicted octanol–water partition coefficient (Wildman–Crippen LogP) is 3.70. The van der Waals surface area contributed by atoms with Crippen molar-refractivity contribution in [2.24, 2.45) is 0 Å². The largest absolute Gasteiger partial charge is 0.379 e. The van der Waals surface area contributed by atoms with E-state index in [1.165, 1.54) is 6.33 Å². The van der Waals surface area contributed by atoms with Gasteiger partial charge in [0.15, 0.2) is 5.65 Å². The van der Waals surface area contributed by atoms with Gasteiger partial charge in [-0.05, 0) is 38.5 Å². The van der Waals surface area contributed by atoms with Crippen LogP contribution in [0, 0.1) is 0 Å². The van der Waals surface area contributed by atoms with Crippen LogP contribution in [0.3, 0.4) is 0 Å². The summed E-state index contributed by atoms with van der Waals surface area (Å²) in [7, 11) is 0. The highest BCUT2D eigenvalue weighted by Gasteiger charge is 2.11. The number of fused-ring (bicyclic) bond motifs is 1. The van der Waals surface area contributed by atoms with Crippen LogP contribution < -0.4 is 5.32 Å². The molecule has 1 aromatic carbocycles. The van der Waals surface area contributed by atoms with Crippen LogP contribution in [0.2, 0.25) is 5.02 Å². The van der Waals surface area contributed by atoms with E-state index in [-0.39, 0.29) is 6.10 Å². The van der Waals surface area contributed by atoms with E-state index < -0.39 is 0 Å². The number of ether oxygens (including phenoxy) is 1. The van der Waals surface area contributed by atoms with Crippen LogP contribution in [-0.2, 0) is 4.74 Å². The molecule has 3 aromatic rings. The molecule has 0 saturated heterocycles. The van der Waals surface area contributed by atoms with Crippen LogP contribution in [0.1, 0.15) is 20.3 Å². The third kappa shape index (κ3) is 3.83. The van der Waals surface area contributed by atoms with E-state index in [2.05, 4.69) is 20.4 Å². The van der Waals surface area contributed by atoms with E-state index in [1.54, 1.807) is 10.9 Å². The summed E-state index contributed by atoms with van der Waals surface area (Å²) in [6.45, 7) is 5.57. The highest BCUT2D eigenvalue weighted by molar-refractivity contribution is 6.30. The molecule has 0 aliphatic rings. The molecular formula is C17H20ClN5O. The molecule has 0 aliphatic heterocycles. The Balaban J connectivity index is 1.77. The lowest BCUT2D eigenvalue weighted by Gasteiger charge is -2.09. The van der Waals surface area contributed by atoms with Crippen molar-refractivity contribution in [1.82, 2.24) is 19.7 Å². The Morgan fingerprint density at radius 2 is 2.17 bits per heavy atom. The molecule has 0 fully saturated rings. The van der Waals surface area contributed by atoms with Crippen LogP contribution in [-0.4, -0.2) is 39.0 Å². The second-order valence-electron chi connectivity index (χ2n) is 5.70. The maximum absolute atomic E-state index is 6.07. The number of nitrogens with one attached hydrogen (secondary N) is 1. The summed E-state index contributed by atoms with van der Waals surface area (Å²) in [5, 5.41) is 9.29. The SMILES string of the molecule is CC(C)OCCCNc1ncnc2c1cnn2-c1cccc(Cl)c1. The molecule has 0 unspecified atom stereocenters. The predicted molar refractivity (Wildman–Crippen MR) is 95.9 cm³/mol. The molecule has 0 amide bonds. The molecule has 0 aliphatic carbocycles. The van der Waals surface area contributed by atoms with Gasteiger partial charge < -0.3 is 10.1 Å². The molecule has 126 valence electrons. The number of aromatic nitrogens is 4. The lowest BCUT2D eigenvalue weighted by atomic mass is 10.3. The first-order chi connectivity index (χ1) is 11.6. The quantitative estimate of drug-likeness (QED) is 0.661. The number of anilines is 1. The van der Waals surface area contributed by atoms with Gasteiger partial charge in [-0.3, -0.25) is 0 Å². The van der Waals surface area contributed by atoms with Gasteiger partial charge in [0, 0.05) is 18.2 Å². The maximum Gasteiger partial charge on any atom is 0.168 e. The first kappa shape index (κ1) is 16.7. The Hall–Kier alpha value is -2.18. The average Bonchev–Trinajstić information content (AvgIpc) is 2.99. The van der Waals surface area contributed by atoms with E-state index in [0.29, 0.717) is 5.02 Å². The minimum absolute atomic E-state index is 0.256. The summed E-state index contributed by atoms with van der Waals surface area (Å²) in [5.74, 6) is 0.776. The van der Waals surface area contributed by atoms with Crippen molar-refractivity contribution in [2.75, 3.05) is 18.5 Å². The lowest BCUT2D eigenvalue weighted by Crippen LogP contribution is -2.10. The van der Waals surface area contributed by atoms with Gasteiger partial charge in [0.05, 0.1) is 23.4 Å². The first-order valence-electron chi connectivity index (χ1n) is 7.95. The Labute approximate surface area is 145 Å². The Morgan fingerprint density at radius 1 is 1.29 bits per heavy atom. The molecule has 3 rings (SSSR count). The second kappa shape index (κ2) is 7.59. The van der Waals surface area contributed by atoms with Crippen LogP contribution in [0.5, 0.6) is 0 Å². The van der Waals surface area contributed by atoms with E-state index >= 15 is 0 Å². The summed E-state index contributed by atoms with van der Waals surface area (Å²) in [6, 6.07) is 7.52. The summed E-state index contributed by atoms with van der Waals surface area (Å²) < 4.78 is 7.30. The van der Waals surface area contributed by atoms with Crippen molar-refractivity contribution >= 4 is 28.5 Å². The number of hydrogen-bond donors (Lipinski definition) is 1. The standard InChI is InChI=1S/C17H20ClN5O/c1-12(2)24-8-4-7-19-16-15-10-22-23(17(15)21-11-20-16)14-6-3-5-13(18)9-14/h3,5-6,9-12H,4,7-8H2,1-2H3,(H,19,20,21). The van der Waals surface area contributed by atoms with E-state index in [0.717, 1.165) is 42.1 Å². The average molecular weight is 346 g/mol. The second-order valence-corrected chi connectivity index (χ2v) is 6.13. The number of halogens is 1. The van der Waals surface area contributed by atoms with Crippen molar-refractivity contribution in [3.63, 3.8) is 0 Å². The number of rotatable bonds is 7. The van der Waals surface area contributed by atoms with Gasteiger partial charge >= 0.3 is 0 Å². The van der Waals surface area contributed by atoms with Gasteiger partial charge in [-0.2, -0.15) is 5.10 Å². The highest BCUT2D eigenvalue weighted by Crippen LogP contribution is 2.22. The van der Waals surface area contributed by atoms with Gasteiger partial charge in [-0.15, -0.1) is 0 Å². The van der Waals surface area contributed by atoms with E-state index in [1.807, 2.05) is 38.1 Å². The van der Waals surface area contributed by atoms with Crippen molar-refractivity contribution in [2.45, 2.75) is 26.4 Å². The van der Waals surface area contributed by atoms with Crippen LogP contribution >= 0.6 is 11.6 Å². The minimum atomic E-state index is 0.256. The summed E-state index contributed by atoms with van der Waals surface area (Å²) >= 11 is 6.07. The number of nitrogens with zero attached hydrogens (tertiary/aromatic N) is 4. The van der Waals surface area contributed by atoms with Crippen molar-refractivity contribution in [3.8, 4) is 5.69 Å². The minimum Gasteiger partial charge on any atom is -0.379 e. The molecule has 2 heterocycles. The molecular weight excluding hydrogens is 326 g/mol. The summed E-state index contributed by atoms with van der Waals surface area (Å²) in [6.07, 6.45) is 4.47. The van der Waals surface area contributed by atoms with Crippen molar-refractivity contribution < 1.29 is 4.74 Å². The summed E-state index contributed by atoms with van der Waals surface area (Å²) in [5.41, 5.74) is 1.61. The zero-order chi connectivity index (χ0) is 16.9. The molecule has 1 N–H and O–H groups in total. The molecule has 2 aromatic heterocycles. The number of hydrogen-bond acceptors (Lipinski definition) is 5. The van der Waals surface area contributed by atoms with Crippen molar-refractivity contribution in [1.29, 1.82) is 0 Å². The van der Waals surface area contributed by atoms with Crippen LogP contribution in [0.4, 0.5) is 5.82 Å². The third-order valence-corrected chi connectivity index (χ3v) is 3.72. The van der Waals surface area contributed by atoms with Crippen molar-refractivity contribution in [3.05, 3.63) is 41.8 Å². The zero-order valence-electron chi connectivity index (χ0n) is 13.7. The zero-order valence-corrected chi connectivity index (χ0v) is 14.5. The first-order valence-corrected chi connectivity index (χ1v) is 8.33.